The van der Waals surface area contributed by atoms with Crippen LogP contribution in [0.4, 0.5) is 0 Å². The number of hydrogen-bond donors (Lipinski definition) is 1. The van der Waals surface area contributed by atoms with E-state index in [0.29, 0.717) is 5.92 Å². The van der Waals surface area contributed by atoms with Gasteiger partial charge in [0.2, 0.25) is 0 Å². The van der Waals surface area contributed by atoms with Crippen LogP contribution in [0.25, 0.3) is 0 Å². The maximum absolute atomic E-state index is 6.06. The highest BCUT2D eigenvalue weighted by molar-refractivity contribution is 5.31. The van der Waals surface area contributed by atoms with E-state index >= 15 is 0 Å². The highest BCUT2D eigenvalue weighted by atomic mass is 14.7. The van der Waals surface area contributed by atoms with Gasteiger partial charge in [0.15, 0.2) is 0 Å². The summed E-state index contributed by atoms with van der Waals surface area (Å²) in [5.41, 5.74) is 8.20. The standard InChI is InChI=1S/C11H18N2/c1-8(2)9-5-6-13-7-10(9)11(3,4)12/h5-8H,12H2,1-4H3. The van der Waals surface area contributed by atoms with E-state index in [9.17, 15) is 0 Å². The Morgan fingerprint density at radius 1 is 1.38 bits per heavy atom. The molecule has 1 rings (SSSR count). The molecule has 1 aromatic heterocycles. The molecule has 0 fully saturated rings. The molecule has 13 heavy (non-hydrogen) atoms. The molecular formula is C11H18N2. The third kappa shape index (κ3) is 2.28. The molecule has 2 heteroatoms. The fraction of sp³-hybridized carbons (Fsp3) is 0.545. The van der Waals surface area contributed by atoms with E-state index < -0.39 is 0 Å². The Morgan fingerprint density at radius 2 is 2.00 bits per heavy atom. The average molecular weight is 178 g/mol. The Bertz CT molecular complexity index is 284. The van der Waals surface area contributed by atoms with Crippen LogP contribution >= 0.6 is 0 Å². The molecule has 0 amide bonds. The highest BCUT2D eigenvalue weighted by Crippen LogP contribution is 2.25. The molecule has 0 spiro atoms. The van der Waals surface area contributed by atoms with Crippen LogP contribution in [0.15, 0.2) is 18.5 Å². The Balaban J connectivity index is 3.20. The van der Waals surface area contributed by atoms with E-state index in [1.165, 1.54) is 5.56 Å². The van der Waals surface area contributed by atoms with Gasteiger partial charge in [-0.3, -0.25) is 4.98 Å². The smallest absolute Gasteiger partial charge is 0.0370 e. The van der Waals surface area contributed by atoms with Crippen LogP contribution in [0.5, 0.6) is 0 Å². The normalized spacial score (nSPS) is 12.2. The molecule has 0 saturated carbocycles. The van der Waals surface area contributed by atoms with Gasteiger partial charge in [-0.1, -0.05) is 13.8 Å². The van der Waals surface area contributed by atoms with Gasteiger partial charge in [-0.15, -0.1) is 0 Å². The van der Waals surface area contributed by atoms with E-state index in [4.69, 9.17) is 5.73 Å². The van der Waals surface area contributed by atoms with Crippen LogP contribution in [0.1, 0.15) is 44.7 Å². The summed E-state index contributed by atoms with van der Waals surface area (Å²) in [7, 11) is 0. The third-order valence-electron chi connectivity index (χ3n) is 2.17. The van der Waals surface area contributed by atoms with Crippen LogP contribution in [-0.4, -0.2) is 4.98 Å². The van der Waals surface area contributed by atoms with E-state index in [2.05, 4.69) is 24.9 Å². The molecule has 0 aromatic carbocycles. The lowest BCUT2D eigenvalue weighted by atomic mass is 9.88. The van der Waals surface area contributed by atoms with Gasteiger partial charge in [-0.25, -0.2) is 0 Å². The van der Waals surface area contributed by atoms with Gasteiger partial charge in [0, 0.05) is 17.9 Å². The minimum absolute atomic E-state index is 0.298. The van der Waals surface area contributed by atoms with E-state index in [-0.39, 0.29) is 5.54 Å². The second kappa shape index (κ2) is 3.46. The van der Waals surface area contributed by atoms with Crippen LogP contribution in [0.3, 0.4) is 0 Å². The van der Waals surface area contributed by atoms with Crippen molar-refractivity contribution in [1.82, 2.24) is 4.98 Å². The molecule has 0 bridgehead atoms. The van der Waals surface area contributed by atoms with Crippen LogP contribution in [0, 0.1) is 0 Å². The van der Waals surface area contributed by atoms with Gasteiger partial charge < -0.3 is 5.73 Å². The summed E-state index contributed by atoms with van der Waals surface area (Å²) in [6.45, 7) is 8.36. The summed E-state index contributed by atoms with van der Waals surface area (Å²) in [5.74, 6) is 0.501. The van der Waals surface area contributed by atoms with Gasteiger partial charge in [-0.2, -0.15) is 0 Å². The zero-order valence-corrected chi connectivity index (χ0v) is 8.83. The van der Waals surface area contributed by atoms with E-state index in [0.717, 1.165) is 5.56 Å². The van der Waals surface area contributed by atoms with Crippen LogP contribution < -0.4 is 5.73 Å². The summed E-state index contributed by atoms with van der Waals surface area (Å²) in [6.07, 6.45) is 3.69. The van der Waals surface area contributed by atoms with Gasteiger partial charge in [-0.05, 0) is 37.0 Å². The van der Waals surface area contributed by atoms with Gasteiger partial charge in [0.05, 0.1) is 0 Å². The first kappa shape index (κ1) is 10.2. The number of aromatic nitrogens is 1. The minimum Gasteiger partial charge on any atom is -0.322 e. The first-order chi connectivity index (χ1) is 5.93. The van der Waals surface area contributed by atoms with Crippen molar-refractivity contribution >= 4 is 0 Å². The molecule has 72 valence electrons. The lowest BCUT2D eigenvalue weighted by molar-refractivity contribution is 0.541. The first-order valence-electron chi connectivity index (χ1n) is 4.66. The van der Waals surface area contributed by atoms with Gasteiger partial charge >= 0.3 is 0 Å². The van der Waals surface area contributed by atoms with Crippen molar-refractivity contribution in [2.24, 2.45) is 5.73 Å². The first-order valence-corrected chi connectivity index (χ1v) is 4.66. The van der Waals surface area contributed by atoms with Crippen molar-refractivity contribution in [3.05, 3.63) is 29.6 Å². The number of hydrogen-bond acceptors (Lipinski definition) is 2. The average Bonchev–Trinajstić information content (AvgIpc) is 2.03. The summed E-state index contributed by atoms with van der Waals surface area (Å²) in [4.78, 5) is 4.11. The lowest BCUT2D eigenvalue weighted by Crippen LogP contribution is -2.30. The number of pyridine rings is 1. The summed E-state index contributed by atoms with van der Waals surface area (Å²) in [6, 6.07) is 2.05. The summed E-state index contributed by atoms with van der Waals surface area (Å²) >= 11 is 0. The van der Waals surface area contributed by atoms with E-state index in [1.54, 1.807) is 0 Å². The lowest BCUT2D eigenvalue weighted by Gasteiger charge is -2.23. The molecular weight excluding hydrogens is 160 g/mol. The molecule has 0 aliphatic heterocycles. The molecule has 0 aliphatic rings. The quantitative estimate of drug-likeness (QED) is 0.755. The Kier molecular flexibility index (Phi) is 2.71. The van der Waals surface area contributed by atoms with Crippen LogP contribution in [0.2, 0.25) is 0 Å². The van der Waals surface area contributed by atoms with E-state index in [1.807, 2.05) is 26.2 Å². The van der Waals surface area contributed by atoms with Gasteiger partial charge in [0.1, 0.15) is 0 Å². The number of rotatable bonds is 2. The fourth-order valence-corrected chi connectivity index (χ4v) is 1.45. The maximum atomic E-state index is 6.06. The van der Waals surface area contributed by atoms with Crippen molar-refractivity contribution < 1.29 is 0 Å². The van der Waals surface area contributed by atoms with Crippen molar-refractivity contribution in [3.8, 4) is 0 Å². The topological polar surface area (TPSA) is 38.9 Å². The molecule has 0 radical (unpaired) electrons. The molecule has 0 aliphatic carbocycles. The third-order valence-corrected chi connectivity index (χ3v) is 2.17. The Labute approximate surface area is 80.2 Å². The van der Waals surface area contributed by atoms with Crippen molar-refractivity contribution in [2.45, 2.75) is 39.2 Å². The van der Waals surface area contributed by atoms with Crippen molar-refractivity contribution in [1.29, 1.82) is 0 Å². The Hall–Kier alpha value is -0.890. The second-order valence-electron chi connectivity index (χ2n) is 4.34. The van der Waals surface area contributed by atoms with Gasteiger partial charge in [0.25, 0.3) is 0 Å². The molecule has 2 nitrogen and oxygen atoms in total. The SMILES string of the molecule is CC(C)c1ccncc1C(C)(C)N. The molecule has 0 unspecified atom stereocenters. The Morgan fingerprint density at radius 3 is 2.38 bits per heavy atom. The summed E-state index contributed by atoms with van der Waals surface area (Å²) in [5, 5.41) is 0. The molecule has 0 saturated heterocycles. The zero-order valence-electron chi connectivity index (χ0n) is 8.83. The van der Waals surface area contributed by atoms with Crippen molar-refractivity contribution in [3.63, 3.8) is 0 Å². The highest BCUT2D eigenvalue weighted by Gasteiger charge is 2.19. The molecule has 0 atom stereocenters. The predicted molar refractivity (Wildman–Crippen MR) is 55.5 cm³/mol. The second-order valence-corrected chi connectivity index (χ2v) is 4.34. The predicted octanol–water partition coefficient (Wildman–Crippen LogP) is 2.40. The molecule has 2 N–H and O–H groups in total. The van der Waals surface area contributed by atoms with Crippen molar-refractivity contribution in [2.75, 3.05) is 0 Å². The molecule has 1 heterocycles. The largest absolute Gasteiger partial charge is 0.322 e. The van der Waals surface area contributed by atoms with Crippen LogP contribution in [-0.2, 0) is 5.54 Å². The fourth-order valence-electron chi connectivity index (χ4n) is 1.45. The monoisotopic (exact) mass is 178 g/mol. The number of nitrogens with two attached hydrogens (primary N) is 1. The molecule has 1 aromatic rings. The minimum atomic E-state index is -0.298. The maximum Gasteiger partial charge on any atom is 0.0370 e. The zero-order chi connectivity index (χ0) is 10.1. The summed E-state index contributed by atoms with van der Waals surface area (Å²) < 4.78 is 0. The number of nitrogens with zero attached hydrogens (tertiary/aromatic N) is 1.